The Morgan fingerprint density at radius 1 is 0.250 bits per heavy atom. The molecule has 8 aromatic rings. The summed E-state index contributed by atoms with van der Waals surface area (Å²) in [6.45, 7) is 0. The maximum absolute atomic E-state index is 13.1. The lowest BCUT2D eigenvalue weighted by Crippen LogP contribution is -2.09. The van der Waals surface area contributed by atoms with E-state index in [1.54, 1.807) is 223 Å². The summed E-state index contributed by atoms with van der Waals surface area (Å²) < 4.78 is 57.2. The first kappa shape index (κ1) is 52.6. The third-order valence-electron chi connectivity index (χ3n) is 12.6. The molecular formula is C66H48O14. The molecule has 14 heteroatoms. The Balaban J connectivity index is 1.00. The van der Waals surface area contributed by atoms with Crippen LogP contribution in [0.15, 0.2) is 230 Å². The van der Waals surface area contributed by atoms with E-state index in [1.165, 1.54) is 0 Å². The lowest BCUT2D eigenvalue weighted by Gasteiger charge is -2.23. The standard InChI is InChI=1S/C66H48O14/c1-71-51-21-13-45(14-22-51)63(67)75-55-29-5-41(6-30-55)59-37-49(38-60(79-59)42-7-31-56(32-8-42)76-64(68)46-15-23-52(72-2)24-16-46)50-39-61(43-9-33-57(34-10-43)77-65(69)47-17-25-53(73-3)26-18-47)80-62(40-50)44-11-35-58(36-12-44)78-66(70)48-19-27-54(74-4)28-20-48/h5-40H,1-4H3. The smallest absolute Gasteiger partial charge is 0.343 e. The second-order valence-corrected chi connectivity index (χ2v) is 17.7. The van der Waals surface area contributed by atoms with E-state index in [4.69, 9.17) is 47.4 Å². The van der Waals surface area contributed by atoms with Gasteiger partial charge in [-0.3, -0.25) is 0 Å². The number of carbonyl (C=O) groups excluding carboxylic acids is 4. The average Bonchev–Trinajstić information content (AvgIpc) is 3.55. The van der Waals surface area contributed by atoms with Gasteiger partial charge in [0, 0.05) is 22.3 Å². The van der Waals surface area contributed by atoms with Gasteiger partial charge in [0.2, 0.25) is 0 Å². The number of esters is 4. The van der Waals surface area contributed by atoms with Gasteiger partial charge in [0.1, 0.15) is 69.0 Å². The van der Waals surface area contributed by atoms with E-state index in [1.807, 2.05) is 24.3 Å². The van der Waals surface area contributed by atoms with E-state index in [-0.39, 0.29) is 0 Å². The van der Waals surface area contributed by atoms with E-state index < -0.39 is 23.9 Å². The molecule has 0 fully saturated rings. The molecule has 2 heterocycles. The Bertz CT molecular complexity index is 3240. The summed E-state index contributed by atoms with van der Waals surface area (Å²) in [5.41, 5.74) is 5.45. The molecule has 80 heavy (non-hydrogen) atoms. The third kappa shape index (κ3) is 12.5. The lowest BCUT2D eigenvalue weighted by molar-refractivity contribution is 0.0725. The number of allylic oxidation sites excluding steroid dienone is 6. The Morgan fingerprint density at radius 2 is 0.425 bits per heavy atom. The molecule has 0 saturated heterocycles. The summed E-state index contributed by atoms with van der Waals surface area (Å²) >= 11 is 0. The summed E-state index contributed by atoms with van der Waals surface area (Å²) in [5, 5.41) is 0. The molecule has 0 aliphatic carbocycles. The van der Waals surface area contributed by atoms with Crippen LogP contribution in [0.4, 0.5) is 0 Å². The molecule has 0 bridgehead atoms. The van der Waals surface area contributed by atoms with Crippen molar-refractivity contribution in [2.45, 2.75) is 0 Å². The summed E-state index contributed by atoms with van der Waals surface area (Å²) in [6.07, 6.45) is 7.55. The van der Waals surface area contributed by atoms with Crippen molar-refractivity contribution in [1.29, 1.82) is 0 Å². The molecule has 0 atom stereocenters. The minimum Gasteiger partial charge on any atom is -0.497 e. The van der Waals surface area contributed by atoms with Crippen molar-refractivity contribution >= 4 is 46.9 Å². The molecular weight excluding hydrogens is 1020 g/mol. The molecule has 0 radical (unpaired) electrons. The Labute approximate surface area is 460 Å². The highest BCUT2D eigenvalue weighted by Gasteiger charge is 2.23. The fourth-order valence-electron chi connectivity index (χ4n) is 8.23. The number of ether oxygens (including phenoxy) is 10. The maximum atomic E-state index is 13.1. The van der Waals surface area contributed by atoms with Crippen LogP contribution in [0, 0.1) is 0 Å². The van der Waals surface area contributed by atoms with Crippen molar-refractivity contribution in [2.75, 3.05) is 28.4 Å². The second-order valence-electron chi connectivity index (χ2n) is 17.7. The molecule has 2 aliphatic heterocycles. The van der Waals surface area contributed by atoms with Crippen molar-refractivity contribution in [3.63, 3.8) is 0 Å². The largest absolute Gasteiger partial charge is 0.497 e. The number of hydrogen-bond donors (Lipinski definition) is 0. The minimum atomic E-state index is -0.540. The van der Waals surface area contributed by atoms with Crippen LogP contribution < -0.4 is 37.9 Å². The quantitative estimate of drug-likeness (QED) is 0.0664. The highest BCUT2D eigenvalue weighted by atomic mass is 16.6. The van der Waals surface area contributed by atoms with E-state index in [9.17, 15) is 19.2 Å². The lowest BCUT2D eigenvalue weighted by atomic mass is 9.96. The Kier molecular flexibility index (Phi) is 15.8. The summed E-state index contributed by atoms with van der Waals surface area (Å²) in [7, 11) is 6.19. The van der Waals surface area contributed by atoms with Gasteiger partial charge in [0.25, 0.3) is 0 Å². The SMILES string of the molecule is COc1ccc(C(=O)Oc2ccc(C3=CC(=C4C=C(c5ccc(OC(=O)c6ccc(OC)cc6)cc5)OC(c5ccc(OC(=O)c6ccc(OC)cc6)cc5)=C4)C=C(c4ccc(OC(=O)c5ccc(OC)cc5)cc4)O3)cc2)cc1. The summed E-state index contributed by atoms with van der Waals surface area (Å²) in [4.78, 5) is 52.4. The normalized spacial score (nSPS) is 12.7. The molecule has 0 spiro atoms. The number of hydrogen-bond acceptors (Lipinski definition) is 14. The number of benzene rings is 8. The molecule has 14 nitrogen and oxygen atoms in total. The fraction of sp³-hybridized carbons (Fsp3) is 0.0606. The number of methoxy groups -OCH3 is 4. The Hall–Kier alpha value is -10.9. The van der Waals surface area contributed by atoms with Gasteiger partial charge >= 0.3 is 23.9 Å². The first-order chi connectivity index (χ1) is 39.0. The molecule has 0 N–H and O–H groups in total. The fourth-order valence-corrected chi connectivity index (χ4v) is 8.23. The molecule has 0 saturated carbocycles. The second kappa shape index (κ2) is 24.0. The van der Waals surface area contributed by atoms with Crippen molar-refractivity contribution < 1.29 is 66.5 Å². The highest BCUT2D eigenvalue weighted by Crippen LogP contribution is 2.40. The molecule has 0 amide bonds. The van der Waals surface area contributed by atoms with Gasteiger partial charge < -0.3 is 47.4 Å². The van der Waals surface area contributed by atoms with Gasteiger partial charge in [0.05, 0.1) is 50.7 Å². The summed E-state index contributed by atoms with van der Waals surface area (Å²) in [5.74, 6) is 3.34. The van der Waals surface area contributed by atoms with Crippen LogP contribution in [0.1, 0.15) is 63.7 Å². The van der Waals surface area contributed by atoms with Crippen molar-refractivity contribution in [3.8, 4) is 46.0 Å². The van der Waals surface area contributed by atoms with Crippen molar-refractivity contribution in [1.82, 2.24) is 0 Å². The van der Waals surface area contributed by atoms with Crippen LogP contribution in [0.5, 0.6) is 46.0 Å². The molecule has 0 aromatic heterocycles. The van der Waals surface area contributed by atoms with Gasteiger partial charge in [-0.25, -0.2) is 19.2 Å². The molecule has 0 unspecified atom stereocenters. The topological polar surface area (TPSA) is 161 Å². The number of carbonyl (C=O) groups is 4. The van der Waals surface area contributed by atoms with E-state index in [0.29, 0.717) is 125 Å². The highest BCUT2D eigenvalue weighted by molar-refractivity contribution is 5.93. The van der Waals surface area contributed by atoms with Crippen LogP contribution in [0.25, 0.3) is 23.0 Å². The zero-order valence-corrected chi connectivity index (χ0v) is 43.5. The van der Waals surface area contributed by atoms with Gasteiger partial charge in [-0.2, -0.15) is 0 Å². The van der Waals surface area contributed by atoms with Gasteiger partial charge in [-0.1, -0.05) is 0 Å². The molecule has 8 aromatic carbocycles. The molecule has 10 rings (SSSR count). The molecule has 2 aliphatic rings. The monoisotopic (exact) mass is 1060 g/mol. The predicted octanol–water partition coefficient (Wildman–Crippen LogP) is 13.4. The van der Waals surface area contributed by atoms with E-state index >= 15 is 0 Å². The first-order valence-corrected chi connectivity index (χ1v) is 24.8. The van der Waals surface area contributed by atoms with Gasteiger partial charge in [-0.15, -0.1) is 0 Å². The van der Waals surface area contributed by atoms with Crippen LogP contribution in [-0.4, -0.2) is 52.3 Å². The Morgan fingerprint density at radius 3 is 0.600 bits per heavy atom. The number of rotatable bonds is 16. The zero-order valence-electron chi connectivity index (χ0n) is 43.5. The average molecular weight is 1070 g/mol. The third-order valence-corrected chi connectivity index (χ3v) is 12.6. The first-order valence-electron chi connectivity index (χ1n) is 24.8. The maximum Gasteiger partial charge on any atom is 0.343 e. The van der Waals surface area contributed by atoms with E-state index in [0.717, 1.165) is 0 Å². The minimum absolute atomic E-state index is 0.313. The van der Waals surface area contributed by atoms with Gasteiger partial charge in [0.15, 0.2) is 0 Å². The predicted molar refractivity (Wildman–Crippen MR) is 299 cm³/mol. The zero-order chi connectivity index (χ0) is 55.5. The summed E-state index contributed by atoms with van der Waals surface area (Å²) in [6, 6.07) is 54.2. The van der Waals surface area contributed by atoms with Crippen LogP contribution in [0.2, 0.25) is 0 Å². The molecule has 396 valence electrons. The van der Waals surface area contributed by atoms with E-state index in [2.05, 4.69) is 0 Å². The van der Waals surface area contributed by atoms with Gasteiger partial charge in [-0.05, 0) is 230 Å². The van der Waals surface area contributed by atoms with Crippen LogP contribution >= 0.6 is 0 Å². The van der Waals surface area contributed by atoms with Crippen LogP contribution in [0.3, 0.4) is 0 Å². The van der Waals surface area contributed by atoms with Crippen molar-refractivity contribution in [2.24, 2.45) is 0 Å². The van der Waals surface area contributed by atoms with Crippen molar-refractivity contribution in [3.05, 3.63) is 274 Å². The van der Waals surface area contributed by atoms with Crippen LogP contribution in [-0.2, 0) is 9.47 Å².